The largest absolute Gasteiger partial charge is 0.350 e. The Hall–Kier alpha value is -0.580. The first-order chi connectivity index (χ1) is 6.84. The third kappa shape index (κ3) is 3.81. The number of nitrogens with one attached hydrogen (secondary N) is 2. The molecule has 0 amide bonds. The van der Waals surface area contributed by atoms with E-state index in [-0.39, 0.29) is 12.4 Å². The summed E-state index contributed by atoms with van der Waals surface area (Å²) in [7, 11) is 0. The Morgan fingerprint density at radius 2 is 2.40 bits per heavy atom. The summed E-state index contributed by atoms with van der Waals surface area (Å²) in [6, 6.07) is 2.09. The molecule has 0 spiro atoms. The number of nitrogens with zero attached hydrogens (tertiary/aromatic N) is 2. The van der Waals surface area contributed by atoms with Gasteiger partial charge in [-0.15, -0.1) is 12.4 Å². The molecule has 0 aromatic carbocycles. The van der Waals surface area contributed by atoms with E-state index >= 15 is 0 Å². The third-order valence-corrected chi connectivity index (χ3v) is 2.46. The first-order valence-corrected chi connectivity index (χ1v) is 5.18. The number of anilines is 1. The number of rotatable bonds is 2. The van der Waals surface area contributed by atoms with Crippen molar-refractivity contribution in [3.63, 3.8) is 0 Å². The van der Waals surface area contributed by atoms with Crippen LogP contribution in [0.5, 0.6) is 0 Å². The van der Waals surface area contributed by atoms with Crippen LogP contribution >= 0.6 is 24.0 Å². The van der Waals surface area contributed by atoms with Crippen molar-refractivity contribution in [1.82, 2.24) is 15.3 Å². The zero-order valence-electron chi connectivity index (χ0n) is 8.24. The second kappa shape index (κ2) is 6.10. The van der Waals surface area contributed by atoms with Crippen molar-refractivity contribution in [2.45, 2.75) is 18.9 Å². The first-order valence-electron chi connectivity index (χ1n) is 4.80. The molecule has 84 valence electrons. The van der Waals surface area contributed by atoms with Gasteiger partial charge >= 0.3 is 0 Å². The second-order valence-corrected chi connectivity index (χ2v) is 3.78. The topological polar surface area (TPSA) is 49.8 Å². The van der Waals surface area contributed by atoms with Crippen molar-refractivity contribution in [2.75, 3.05) is 18.4 Å². The van der Waals surface area contributed by atoms with Gasteiger partial charge in [0.1, 0.15) is 5.15 Å². The lowest BCUT2D eigenvalue weighted by Crippen LogP contribution is -2.38. The second-order valence-electron chi connectivity index (χ2n) is 3.39. The monoisotopic (exact) mass is 248 g/mol. The zero-order valence-corrected chi connectivity index (χ0v) is 9.81. The Balaban J connectivity index is 0.00000112. The van der Waals surface area contributed by atoms with Gasteiger partial charge in [0.2, 0.25) is 5.95 Å². The summed E-state index contributed by atoms with van der Waals surface area (Å²) in [5.41, 5.74) is 0. The van der Waals surface area contributed by atoms with E-state index in [4.69, 9.17) is 11.6 Å². The normalized spacial score (nSPS) is 20.5. The molecule has 1 saturated heterocycles. The third-order valence-electron chi connectivity index (χ3n) is 2.25. The highest BCUT2D eigenvalue weighted by atomic mass is 35.5. The quantitative estimate of drug-likeness (QED) is 0.783. The number of piperidine rings is 1. The predicted octanol–water partition coefficient (Wildman–Crippen LogP) is 1.72. The van der Waals surface area contributed by atoms with E-state index in [1.807, 2.05) is 0 Å². The minimum atomic E-state index is 0. The van der Waals surface area contributed by atoms with E-state index in [0.29, 0.717) is 17.1 Å². The Bertz CT molecular complexity index is 302. The molecule has 1 atom stereocenters. The molecule has 1 aliphatic rings. The number of hydrogen-bond donors (Lipinski definition) is 2. The molecular formula is C9H14Cl2N4. The SMILES string of the molecule is Cl.Clc1ccnc(NC2CCCNC2)n1. The molecule has 2 N–H and O–H groups in total. The van der Waals surface area contributed by atoms with Gasteiger partial charge in [-0.05, 0) is 25.5 Å². The van der Waals surface area contributed by atoms with Gasteiger partial charge in [-0.1, -0.05) is 11.6 Å². The summed E-state index contributed by atoms with van der Waals surface area (Å²) < 4.78 is 0. The highest BCUT2D eigenvalue weighted by Gasteiger charge is 2.13. The predicted molar refractivity (Wildman–Crippen MR) is 63.8 cm³/mol. The van der Waals surface area contributed by atoms with Crippen molar-refractivity contribution in [2.24, 2.45) is 0 Å². The first kappa shape index (κ1) is 12.5. The Kier molecular flexibility index (Phi) is 5.08. The summed E-state index contributed by atoms with van der Waals surface area (Å²) >= 11 is 5.76. The van der Waals surface area contributed by atoms with Crippen LogP contribution in [0, 0.1) is 0 Å². The smallest absolute Gasteiger partial charge is 0.224 e. The molecule has 4 nitrogen and oxygen atoms in total. The fourth-order valence-corrected chi connectivity index (χ4v) is 1.70. The van der Waals surface area contributed by atoms with Crippen molar-refractivity contribution in [1.29, 1.82) is 0 Å². The summed E-state index contributed by atoms with van der Waals surface area (Å²) in [6.07, 6.45) is 4.01. The van der Waals surface area contributed by atoms with Gasteiger partial charge in [-0.2, -0.15) is 0 Å². The van der Waals surface area contributed by atoms with Gasteiger partial charge in [0.05, 0.1) is 0 Å². The molecular weight excluding hydrogens is 235 g/mol. The highest BCUT2D eigenvalue weighted by Crippen LogP contribution is 2.10. The molecule has 2 heterocycles. The van der Waals surface area contributed by atoms with E-state index in [1.54, 1.807) is 12.3 Å². The minimum Gasteiger partial charge on any atom is -0.350 e. The summed E-state index contributed by atoms with van der Waals surface area (Å²) in [4.78, 5) is 8.18. The molecule has 1 unspecified atom stereocenters. The highest BCUT2D eigenvalue weighted by molar-refractivity contribution is 6.29. The van der Waals surface area contributed by atoms with Crippen LogP contribution in [0.15, 0.2) is 12.3 Å². The lowest BCUT2D eigenvalue weighted by molar-refractivity contribution is 0.478. The molecule has 0 aliphatic carbocycles. The molecule has 2 rings (SSSR count). The van der Waals surface area contributed by atoms with E-state index < -0.39 is 0 Å². The standard InChI is InChI=1S/C9H13ClN4.ClH/c10-8-3-5-12-9(14-8)13-7-2-1-4-11-6-7;/h3,5,7,11H,1-2,4,6H2,(H,12,13,14);1H. The Morgan fingerprint density at radius 1 is 1.53 bits per heavy atom. The van der Waals surface area contributed by atoms with Crippen LogP contribution in [-0.2, 0) is 0 Å². The van der Waals surface area contributed by atoms with E-state index in [9.17, 15) is 0 Å². The minimum absolute atomic E-state index is 0. The van der Waals surface area contributed by atoms with Crippen LogP contribution in [0.25, 0.3) is 0 Å². The molecule has 0 saturated carbocycles. The van der Waals surface area contributed by atoms with Crippen LogP contribution in [0.4, 0.5) is 5.95 Å². The fraction of sp³-hybridized carbons (Fsp3) is 0.556. The van der Waals surface area contributed by atoms with Gasteiger partial charge in [0.25, 0.3) is 0 Å². The zero-order chi connectivity index (χ0) is 9.80. The van der Waals surface area contributed by atoms with Crippen molar-refractivity contribution >= 4 is 30.0 Å². The number of aromatic nitrogens is 2. The molecule has 0 radical (unpaired) electrons. The van der Waals surface area contributed by atoms with Crippen molar-refractivity contribution in [3.05, 3.63) is 17.4 Å². The Morgan fingerprint density at radius 3 is 3.07 bits per heavy atom. The van der Waals surface area contributed by atoms with E-state index in [2.05, 4.69) is 20.6 Å². The average Bonchev–Trinajstić information content (AvgIpc) is 2.19. The lowest BCUT2D eigenvalue weighted by Gasteiger charge is -2.23. The van der Waals surface area contributed by atoms with E-state index in [0.717, 1.165) is 19.5 Å². The van der Waals surface area contributed by atoms with Crippen molar-refractivity contribution < 1.29 is 0 Å². The van der Waals surface area contributed by atoms with Crippen molar-refractivity contribution in [3.8, 4) is 0 Å². The molecule has 0 bridgehead atoms. The fourth-order valence-electron chi connectivity index (χ4n) is 1.56. The molecule has 1 aliphatic heterocycles. The Labute approximate surface area is 100 Å². The van der Waals surface area contributed by atoms with Crippen LogP contribution in [0.3, 0.4) is 0 Å². The van der Waals surface area contributed by atoms with Gasteiger partial charge in [0.15, 0.2) is 0 Å². The van der Waals surface area contributed by atoms with Gasteiger partial charge < -0.3 is 10.6 Å². The number of hydrogen-bond acceptors (Lipinski definition) is 4. The lowest BCUT2D eigenvalue weighted by atomic mass is 10.1. The van der Waals surface area contributed by atoms with Crippen LogP contribution < -0.4 is 10.6 Å². The van der Waals surface area contributed by atoms with E-state index in [1.165, 1.54) is 6.42 Å². The van der Waals surface area contributed by atoms with Gasteiger partial charge in [0, 0.05) is 18.8 Å². The van der Waals surface area contributed by atoms with Gasteiger partial charge in [-0.25, -0.2) is 9.97 Å². The molecule has 1 aromatic heterocycles. The number of halogens is 2. The molecule has 1 aromatic rings. The van der Waals surface area contributed by atoms with Crippen LogP contribution in [-0.4, -0.2) is 29.1 Å². The maximum absolute atomic E-state index is 5.76. The summed E-state index contributed by atoms with van der Waals surface area (Å²) in [5, 5.41) is 7.05. The maximum atomic E-state index is 5.76. The van der Waals surface area contributed by atoms with Crippen LogP contribution in [0.2, 0.25) is 5.15 Å². The average molecular weight is 249 g/mol. The maximum Gasteiger partial charge on any atom is 0.224 e. The summed E-state index contributed by atoms with van der Waals surface area (Å²) in [6.45, 7) is 2.07. The summed E-state index contributed by atoms with van der Waals surface area (Å²) in [5.74, 6) is 0.617. The molecule has 1 fully saturated rings. The molecule has 6 heteroatoms. The molecule has 15 heavy (non-hydrogen) atoms. The van der Waals surface area contributed by atoms with Crippen LogP contribution in [0.1, 0.15) is 12.8 Å². The van der Waals surface area contributed by atoms with Gasteiger partial charge in [-0.3, -0.25) is 0 Å².